The summed E-state index contributed by atoms with van der Waals surface area (Å²) in [6.45, 7) is 4.18. The topological polar surface area (TPSA) is 112 Å². The van der Waals surface area contributed by atoms with Gasteiger partial charge in [0, 0.05) is 31.7 Å². The van der Waals surface area contributed by atoms with Gasteiger partial charge in [0.05, 0.1) is 5.69 Å². The van der Waals surface area contributed by atoms with Crippen LogP contribution in [-0.2, 0) is 10.0 Å². The fraction of sp³-hybridized carbons (Fsp3) is 0.316. The summed E-state index contributed by atoms with van der Waals surface area (Å²) in [5.41, 5.74) is 2.32. The molecule has 10 heteroatoms. The predicted molar refractivity (Wildman–Crippen MR) is 105 cm³/mol. The number of hydrogen-bond acceptors (Lipinski definition) is 6. The molecule has 0 atom stereocenters. The smallest absolute Gasteiger partial charge is 0.271 e. The Morgan fingerprint density at radius 1 is 1.10 bits per heavy atom. The summed E-state index contributed by atoms with van der Waals surface area (Å²) in [5.74, 6) is 0.0703. The third-order valence-corrected chi connectivity index (χ3v) is 7.11. The number of carbonyl (C=O) groups is 1. The largest absolute Gasteiger partial charge is 0.360 e. The summed E-state index contributed by atoms with van der Waals surface area (Å²) in [7, 11) is -3.71. The van der Waals surface area contributed by atoms with Crippen molar-refractivity contribution in [3.8, 4) is 11.3 Å². The molecule has 4 rings (SSSR count). The second-order valence-electron chi connectivity index (χ2n) is 6.88. The monoisotopic (exact) mass is 415 g/mol. The summed E-state index contributed by atoms with van der Waals surface area (Å²) >= 11 is 0. The van der Waals surface area contributed by atoms with E-state index in [0.29, 0.717) is 30.2 Å². The number of aromatic nitrogens is 3. The number of nitrogens with one attached hydrogen (secondary N) is 1. The molecule has 1 saturated heterocycles. The zero-order valence-electron chi connectivity index (χ0n) is 16.1. The fourth-order valence-corrected chi connectivity index (χ4v) is 5.18. The third-order valence-electron chi connectivity index (χ3n) is 4.97. The highest BCUT2D eigenvalue weighted by molar-refractivity contribution is 7.89. The van der Waals surface area contributed by atoms with E-state index in [1.807, 2.05) is 30.3 Å². The van der Waals surface area contributed by atoms with E-state index in [-0.39, 0.29) is 29.7 Å². The Balaban J connectivity index is 1.45. The zero-order chi connectivity index (χ0) is 20.6. The average molecular weight is 415 g/mol. The fourth-order valence-electron chi connectivity index (χ4n) is 3.46. The Bertz CT molecular complexity index is 1110. The van der Waals surface area contributed by atoms with Gasteiger partial charge < -0.3 is 9.42 Å². The summed E-state index contributed by atoms with van der Waals surface area (Å²) < 4.78 is 32.2. The molecule has 2 aromatic heterocycles. The van der Waals surface area contributed by atoms with E-state index in [1.54, 1.807) is 24.8 Å². The Morgan fingerprint density at radius 2 is 1.79 bits per heavy atom. The molecule has 0 unspecified atom stereocenters. The van der Waals surface area contributed by atoms with Crippen LogP contribution >= 0.6 is 0 Å². The van der Waals surface area contributed by atoms with E-state index in [9.17, 15) is 13.2 Å². The van der Waals surface area contributed by atoms with Crippen molar-refractivity contribution in [2.75, 3.05) is 26.2 Å². The molecular weight excluding hydrogens is 394 g/mol. The minimum Gasteiger partial charge on any atom is -0.360 e. The molecule has 1 amide bonds. The molecule has 0 spiro atoms. The lowest BCUT2D eigenvalue weighted by Gasteiger charge is -2.33. The summed E-state index contributed by atoms with van der Waals surface area (Å²) in [6.07, 6.45) is 0. The number of rotatable bonds is 4. The summed E-state index contributed by atoms with van der Waals surface area (Å²) in [4.78, 5) is 14.5. The van der Waals surface area contributed by atoms with Gasteiger partial charge in [-0.1, -0.05) is 35.5 Å². The van der Waals surface area contributed by atoms with Crippen LogP contribution in [0.3, 0.4) is 0 Å². The van der Waals surface area contributed by atoms with Gasteiger partial charge in [-0.2, -0.15) is 9.40 Å². The van der Waals surface area contributed by atoms with Crippen molar-refractivity contribution in [2.24, 2.45) is 0 Å². The standard InChI is InChI=1S/C19H21N5O4S/c1-13-18(14(2)28-22-13)29(26,27)24-10-8-23(9-11-24)19(25)17-12-16(20-21-17)15-6-4-3-5-7-15/h3-7,12H,8-11H2,1-2H3,(H,20,21). The number of H-pyrrole nitrogens is 1. The van der Waals surface area contributed by atoms with Crippen molar-refractivity contribution in [3.63, 3.8) is 0 Å². The van der Waals surface area contributed by atoms with Crippen molar-refractivity contribution < 1.29 is 17.7 Å². The Morgan fingerprint density at radius 3 is 2.41 bits per heavy atom. The Kier molecular flexibility index (Phi) is 4.97. The number of piperazine rings is 1. The third kappa shape index (κ3) is 3.56. The number of hydrogen-bond donors (Lipinski definition) is 1. The van der Waals surface area contributed by atoms with Gasteiger partial charge >= 0.3 is 0 Å². The van der Waals surface area contributed by atoms with Crippen molar-refractivity contribution in [1.29, 1.82) is 0 Å². The number of sulfonamides is 1. The van der Waals surface area contributed by atoms with E-state index in [2.05, 4.69) is 15.4 Å². The van der Waals surface area contributed by atoms with Crippen LogP contribution in [0.15, 0.2) is 45.8 Å². The van der Waals surface area contributed by atoms with Gasteiger partial charge in [0.25, 0.3) is 5.91 Å². The summed E-state index contributed by atoms with van der Waals surface area (Å²) in [6, 6.07) is 11.3. The quantitative estimate of drug-likeness (QED) is 0.696. The van der Waals surface area contributed by atoms with E-state index in [1.165, 1.54) is 4.31 Å². The van der Waals surface area contributed by atoms with Crippen LogP contribution in [0.1, 0.15) is 21.9 Å². The SMILES string of the molecule is Cc1noc(C)c1S(=O)(=O)N1CCN(C(=O)c2cc(-c3ccccc3)n[nH]2)CC1. The number of aromatic amines is 1. The number of benzene rings is 1. The van der Waals surface area contributed by atoms with Gasteiger partial charge in [0.15, 0.2) is 5.76 Å². The van der Waals surface area contributed by atoms with Crippen LogP contribution in [0.4, 0.5) is 0 Å². The lowest BCUT2D eigenvalue weighted by Crippen LogP contribution is -2.50. The van der Waals surface area contributed by atoms with E-state index >= 15 is 0 Å². The first-order valence-corrected chi connectivity index (χ1v) is 10.6. The molecule has 1 aliphatic rings. The van der Waals surface area contributed by atoms with Gasteiger partial charge in [-0.25, -0.2) is 8.42 Å². The maximum Gasteiger partial charge on any atom is 0.271 e. The lowest BCUT2D eigenvalue weighted by molar-refractivity contribution is 0.0692. The zero-order valence-corrected chi connectivity index (χ0v) is 16.9. The molecule has 3 heterocycles. The highest BCUT2D eigenvalue weighted by Crippen LogP contribution is 2.24. The highest BCUT2D eigenvalue weighted by atomic mass is 32.2. The molecule has 1 aliphatic heterocycles. The maximum atomic E-state index is 12.9. The Labute approximate surface area is 168 Å². The first-order chi connectivity index (χ1) is 13.9. The molecule has 0 bridgehead atoms. The van der Waals surface area contributed by atoms with E-state index < -0.39 is 10.0 Å². The van der Waals surface area contributed by atoms with Gasteiger partial charge in [0.2, 0.25) is 10.0 Å². The van der Waals surface area contributed by atoms with Crippen molar-refractivity contribution in [1.82, 2.24) is 24.6 Å². The molecule has 1 aromatic carbocycles. The van der Waals surface area contributed by atoms with Crippen molar-refractivity contribution >= 4 is 15.9 Å². The molecule has 0 radical (unpaired) electrons. The number of nitrogens with zero attached hydrogens (tertiary/aromatic N) is 4. The minimum atomic E-state index is -3.71. The first kappa shape index (κ1) is 19.3. The molecule has 1 fully saturated rings. The van der Waals surface area contributed by atoms with E-state index in [0.717, 1.165) is 5.56 Å². The molecule has 29 heavy (non-hydrogen) atoms. The van der Waals surface area contributed by atoms with Gasteiger partial charge in [-0.3, -0.25) is 9.89 Å². The summed E-state index contributed by atoms with van der Waals surface area (Å²) in [5, 5.41) is 10.7. The van der Waals surface area contributed by atoms with Gasteiger partial charge in [-0.15, -0.1) is 0 Å². The molecule has 3 aromatic rings. The van der Waals surface area contributed by atoms with Crippen LogP contribution in [0.5, 0.6) is 0 Å². The number of amides is 1. The van der Waals surface area contributed by atoms with Crippen LogP contribution < -0.4 is 0 Å². The number of aryl methyl sites for hydroxylation is 2. The molecule has 0 saturated carbocycles. The average Bonchev–Trinajstić information content (AvgIpc) is 3.35. The van der Waals surface area contributed by atoms with Crippen LogP contribution in [0, 0.1) is 13.8 Å². The van der Waals surface area contributed by atoms with Gasteiger partial charge in [-0.05, 0) is 19.9 Å². The van der Waals surface area contributed by atoms with Crippen molar-refractivity contribution in [3.05, 3.63) is 53.5 Å². The molecule has 152 valence electrons. The van der Waals surface area contributed by atoms with E-state index in [4.69, 9.17) is 4.52 Å². The molecule has 9 nitrogen and oxygen atoms in total. The minimum absolute atomic E-state index is 0.110. The second-order valence-corrected chi connectivity index (χ2v) is 8.76. The van der Waals surface area contributed by atoms with Crippen LogP contribution in [0.2, 0.25) is 0 Å². The molecule has 0 aliphatic carbocycles. The van der Waals surface area contributed by atoms with Crippen LogP contribution in [-0.4, -0.2) is 65.1 Å². The number of carbonyl (C=O) groups excluding carboxylic acids is 1. The van der Waals surface area contributed by atoms with Crippen LogP contribution in [0.25, 0.3) is 11.3 Å². The Hall–Kier alpha value is -2.98. The van der Waals surface area contributed by atoms with Gasteiger partial charge in [0.1, 0.15) is 16.3 Å². The van der Waals surface area contributed by atoms with Crippen molar-refractivity contribution in [2.45, 2.75) is 18.7 Å². The normalized spacial score (nSPS) is 15.6. The molecular formula is C19H21N5O4S. The second kappa shape index (κ2) is 7.45. The first-order valence-electron chi connectivity index (χ1n) is 9.21. The maximum absolute atomic E-state index is 12.9. The lowest BCUT2D eigenvalue weighted by atomic mass is 10.1. The highest BCUT2D eigenvalue weighted by Gasteiger charge is 2.34. The molecule has 1 N–H and O–H groups in total. The predicted octanol–water partition coefficient (Wildman–Crippen LogP) is 1.83.